The number of allylic oxidation sites excluding steroid dienone is 4. The summed E-state index contributed by atoms with van der Waals surface area (Å²) in [5.41, 5.74) is 4.32. The molecule has 0 saturated carbocycles. The zero-order valence-corrected chi connectivity index (χ0v) is 72.4. The van der Waals surface area contributed by atoms with E-state index in [0.717, 1.165) is 145 Å². The van der Waals surface area contributed by atoms with Gasteiger partial charge in [0.05, 0.1) is 31.2 Å². The van der Waals surface area contributed by atoms with Crippen molar-refractivity contribution in [3.63, 3.8) is 0 Å². The highest BCUT2D eigenvalue weighted by molar-refractivity contribution is 8.05. The average Bonchev–Trinajstić information content (AvgIpc) is 0.771. The Morgan fingerprint density at radius 3 is 1.04 bits per heavy atom. The predicted molar refractivity (Wildman–Crippen MR) is 473 cm³/mol. The number of Topliss-reactive ketones (excluding diaryl/α,β-unsaturated/α-hetero) is 8. The largest absolute Gasteiger partial charge is 0.491 e. The molecule has 4 atom stereocenters. The van der Waals surface area contributed by atoms with Gasteiger partial charge >= 0.3 is 0 Å². The van der Waals surface area contributed by atoms with Gasteiger partial charge in [-0.2, -0.15) is 0 Å². The molecule has 28 heteroatoms. The number of likely N-dealkylation sites (tertiary alicyclic amines) is 4. The van der Waals surface area contributed by atoms with E-state index in [1.807, 2.05) is 91.0 Å². The number of halogens is 1. The molecule has 8 aliphatic heterocycles. The summed E-state index contributed by atoms with van der Waals surface area (Å²) >= 11 is 5.79. The molecule has 23 nitrogen and oxygen atoms in total. The molecule has 4 fully saturated rings. The van der Waals surface area contributed by atoms with Crippen LogP contribution in [0.1, 0.15) is 153 Å². The van der Waals surface area contributed by atoms with Gasteiger partial charge < -0.3 is 72.9 Å². The number of nitrogens with zero attached hydrogens (tertiary/aromatic N) is 4. The molecule has 9 heterocycles. The smallest absolute Gasteiger partial charge is 0.243 e. The maximum absolute atomic E-state index is 13.0. The highest BCUT2D eigenvalue weighted by atomic mass is 32.2. The van der Waals surface area contributed by atoms with Crippen LogP contribution in [0.15, 0.2) is 194 Å². The second-order valence-electron chi connectivity index (χ2n) is 33.8. The number of furan rings is 1. The standard InChI is InChI=1S/C25H24FNO5S.C25H25NO4S.C24H25NO6S.C22H27NO4S/c26-16-5-7-18(8-6-16)31-14-17(28)13-27-11-9-25(10-12-27)15-33-24-22(30)21(29)19-3-1-2-4-20(19)23(24)32-25;27-18(14-17-6-2-1-3-7-17)15-26-12-10-25(11-13-26)16-31-24-22(29)21(28)19-8-4-5-9-20(19)23(24)30-25;26-16(13-29-14-17-4-3-11-30-17)12-25-9-7-24(8-10-25)15-32-23-21(28)20(27)18-5-1-2-6-19(18)22(23)31-24;1-2-3-6-15(24)13-23-11-9-22(10-12-23)14-28-21-19(26)18(25)16-7-4-5-8-17(16)20(21)27-22/h1-8,17,28H,9-15H2;1-9,18,27H,10-16H2;1-6,11,16,26H,7-10,12-15H2;4-5,7-8,15,24H,2-3,6,9-14H2,1H3. The van der Waals surface area contributed by atoms with Gasteiger partial charge in [-0.1, -0.05) is 147 Å². The van der Waals surface area contributed by atoms with Crippen LogP contribution in [0.2, 0.25) is 0 Å². The van der Waals surface area contributed by atoms with Crippen molar-refractivity contribution < 1.29 is 96.0 Å². The van der Waals surface area contributed by atoms with Gasteiger partial charge in [0.1, 0.15) is 102 Å². The molecule has 4 saturated heterocycles. The van der Waals surface area contributed by atoms with Gasteiger partial charge in [0.25, 0.3) is 0 Å². The van der Waals surface area contributed by atoms with Crippen molar-refractivity contribution in [3.05, 3.63) is 251 Å². The summed E-state index contributed by atoms with van der Waals surface area (Å²) in [6.45, 7) is 11.7. The molecule has 0 radical (unpaired) electrons. The van der Waals surface area contributed by atoms with Gasteiger partial charge in [-0.05, 0) is 54.8 Å². The number of benzene rings is 6. The van der Waals surface area contributed by atoms with Gasteiger partial charge in [0.2, 0.25) is 46.3 Å². The number of carbonyl (C=O) groups is 8. The van der Waals surface area contributed by atoms with Crippen molar-refractivity contribution >= 4 is 116 Å². The van der Waals surface area contributed by atoms with Crippen molar-refractivity contribution in [2.45, 2.75) is 137 Å². The molecule has 0 amide bonds. The van der Waals surface area contributed by atoms with Crippen LogP contribution in [0, 0.1) is 5.82 Å². The number of aliphatic hydroxyl groups is 4. The number of ether oxygens (including phenoxy) is 6. The van der Waals surface area contributed by atoms with Gasteiger partial charge in [-0.15, -0.1) is 47.0 Å². The van der Waals surface area contributed by atoms with E-state index >= 15 is 0 Å². The SMILES string of the molecule is CCCCC(O)CN1CCC2(CC1)CSC1=C(O2)c2ccccc2C(=O)C1=O.O=C1C(=O)c2ccccc2C2=C1SCC1(CCN(CC(O)COCc3ccco3)CC1)O2.O=C1C(=O)c2ccccc2C2=C1SCC1(CCN(CC(O)COc3ccc(F)cc3)CC1)O2.O=C1C(=O)c2ccccc2C2=C1SCC1(CCN(CC(O)Cc3ccccc3)CC1)O2. The number of piperidine rings is 4. The first kappa shape index (κ1) is 88.3. The van der Waals surface area contributed by atoms with Crippen LogP contribution in [0.3, 0.4) is 0 Å². The summed E-state index contributed by atoms with van der Waals surface area (Å²) in [5.74, 6) is 2.19. The van der Waals surface area contributed by atoms with Crippen molar-refractivity contribution in [2.75, 3.05) is 115 Å². The Kier molecular flexibility index (Phi) is 27.8. The number of rotatable bonds is 20. The van der Waals surface area contributed by atoms with Crippen LogP contribution in [0.4, 0.5) is 4.39 Å². The third-order valence-corrected chi connectivity index (χ3v) is 30.2. The Labute approximate surface area is 736 Å². The molecule has 650 valence electrons. The second kappa shape index (κ2) is 39.0. The van der Waals surface area contributed by atoms with E-state index in [0.29, 0.717) is 144 Å². The first-order valence-electron chi connectivity index (χ1n) is 42.7. The zero-order valence-electron chi connectivity index (χ0n) is 69.1. The Hall–Kier alpha value is -9.11. The lowest BCUT2D eigenvalue weighted by Gasteiger charge is -2.45. The van der Waals surface area contributed by atoms with Crippen LogP contribution >= 0.6 is 47.0 Å². The molecule has 4 unspecified atom stereocenters. The van der Waals surface area contributed by atoms with E-state index in [2.05, 4.69) is 26.5 Å². The Bertz CT molecular complexity index is 5290. The number of ketones is 8. The van der Waals surface area contributed by atoms with Crippen molar-refractivity contribution in [2.24, 2.45) is 0 Å². The van der Waals surface area contributed by atoms with E-state index in [9.17, 15) is 63.2 Å². The van der Waals surface area contributed by atoms with E-state index in [1.165, 1.54) is 71.3 Å². The van der Waals surface area contributed by atoms with Crippen LogP contribution in [0.5, 0.6) is 5.75 Å². The molecule has 4 N–H and O–H groups in total. The molecule has 1 aromatic heterocycles. The summed E-state index contributed by atoms with van der Waals surface area (Å²) in [7, 11) is 0. The van der Waals surface area contributed by atoms with Crippen molar-refractivity contribution in [1.82, 2.24) is 19.6 Å². The molecule has 124 heavy (non-hydrogen) atoms. The minimum Gasteiger partial charge on any atom is -0.491 e. The zero-order chi connectivity index (χ0) is 86.3. The first-order chi connectivity index (χ1) is 60.1. The van der Waals surface area contributed by atoms with Crippen LogP contribution in [0.25, 0.3) is 23.0 Å². The first-order valence-corrected chi connectivity index (χ1v) is 46.6. The van der Waals surface area contributed by atoms with E-state index in [-0.39, 0.29) is 41.9 Å². The Morgan fingerprint density at radius 2 is 0.702 bits per heavy atom. The average molecular weight is 1760 g/mol. The lowest BCUT2D eigenvalue weighted by molar-refractivity contribution is -0.112. The normalized spacial score (nSPS) is 21.5. The minimum atomic E-state index is -0.672. The lowest BCUT2D eigenvalue weighted by atomic mass is 9.90. The summed E-state index contributed by atoms with van der Waals surface area (Å²) < 4.78 is 55.2. The summed E-state index contributed by atoms with van der Waals surface area (Å²) in [6, 6.07) is 48.2. The van der Waals surface area contributed by atoms with Crippen molar-refractivity contribution in [1.29, 1.82) is 0 Å². The van der Waals surface area contributed by atoms with Crippen LogP contribution in [-0.2, 0) is 55.9 Å². The number of fused-ring (bicyclic) bond motifs is 8. The quantitative estimate of drug-likeness (QED) is 0.0515. The summed E-state index contributed by atoms with van der Waals surface area (Å²) in [6.07, 6.45) is 9.84. The maximum Gasteiger partial charge on any atom is 0.243 e. The Balaban J connectivity index is 0.000000122. The molecular weight excluding hydrogens is 1660 g/mol. The number of thioether (sulfide) groups is 4. The third-order valence-electron chi connectivity index (χ3n) is 24.9. The van der Waals surface area contributed by atoms with Gasteiger partial charge in [0.15, 0.2) is 0 Å². The van der Waals surface area contributed by atoms with Gasteiger partial charge in [-0.3, -0.25) is 38.4 Å². The maximum atomic E-state index is 13.0. The molecule has 6 aromatic carbocycles. The monoisotopic (exact) mass is 1760 g/mol. The fourth-order valence-corrected chi connectivity index (χ4v) is 22.8. The number of β-amino-alcohol motifs (C(OH)–C–C–N with tert-alkyl or cyclic N) is 4. The number of aliphatic hydroxyl groups excluding tert-OH is 4. The molecule has 4 aliphatic carbocycles. The fraction of sp³-hybridized carbons (Fsp3) is 0.417. The third kappa shape index (κ3) is 19.8. The van der Waals surface area contributed by atoms with E-state index in [1.54, 1.807) is 54.8 Å². The fourth-order valence-electron chi connectivity index (χ4n) is 17.8. The summed E-state index contributed by atoms with van der Waals surface area (Å²) in [5, 5.41) is 41.4. The molecule has 12 aliphatic rings. The van der Waals surface area contributed by atoms with E-state index < -0.39 is 70.2 Å². The van der Waals surface area contributed by atoms with Gasteiger partial charge in [-0.25, -0.2) is 4.39 Å². The second-order valence-corrected chi connectivity index (χ2v) is 37.7. The Morgan fingerprint density at radius 1 is 0.379 bits per heavy atom. The lowest BCUT2D eigenvalue weighted by Crippen LogP contribution is -2.51. The molecule has 7 aromatic rings. The topological polar surface area (TPSA) is 299 Å². The highest BCUT2D eigenvalue weighted by Gasteiger charge is 2.51. The minimum absolute atomic E-state index is 0.128. The molecule has 19 rings (SSSR count). The summed E-state index contributed by atoms with van der Waals surface area (Å²) in [4.78, 5) is 111. The van der Waals surface area contributed by atoms with Crippen LogP contribution in [-0.4, -0.2) is 248 Å². The van der Waals surface area contributed by atoms with E-state index in [4.69, 9.17) is 32.8 Å². The van der Waals surface area contributed by atoms with Crippen LogP contribution < -0.4 is 4.74 Å². The molecule has 4 spiro atoms. The number of hydrogen-bond donors (Lipinski definition) is 4. The number of hydrogen-bond acceptors (Lipinski definition) is 27. The van der Waals surface area contributed by atoms with Gasteiger partial charge in [0, 0.05) is 197 Å². The molecular formula is C96H101FN4O19S4. The number of carbonyl (C=O) groups excluding carboxylic acids is 8. The molecule has 0 bridgehead atoms. The predicted octanol–water partition coefficient (Wildman–Crippen LogP) is 12.8. The highest BCUT2D eigenvalue weighted by Crippen LogP contribution is 2.52. The van der Waals surface area contributed by atoms with Crippen molar-refractivity contribution in [3.8, 4) is 5.75 Å². The number of unbranched alkanes of at least 4 members (excludes halogenated alkanes) is 1.